The van der Waals surface area contributed by atoms with Crippen LogP contribution in [0.1, 0.15) is 64.3 Å². The number of aryl methyl sites for hydroxylation is 1. The molecular formula is C23H28N2O4S2. The summed E-state index contributed by atoms with van der Waals surface area (Å²) in [6.45, 7) is 4.87. The number of fused-ring (bicyclic) bond motifs is 1. The summed E-state index contributed by atoms with van der Waals surface area (Å²) >= 11 is 6.85. The first kappa shape index (κ1) is 23.2. The molecule has 0 spiro atoms. The van der Waals surface area contributed by atoms with Crippen molar-refractivity contribution in [1.29, 1.82) is 0 Å². The lowest BCUT2D eigenvalue weighted by Gasteiger charge is -2.12. The zero-order valence-corrected chi connectivity index (χ0v) is 19.7. The summed E-state index contributed by atoms with van der Waals surface area (Å²) in [7, 11) is 1.37. The number of anilines is 1. The molecule has 0 saturated carbocycles. The van der Waals surface area contributed by atoms with Crippen LogP contribution in [0.4, 0.5) is 5.00 Å². The van der Waals surface area contributed by atoms with Crippen LogP contribution in [0.2, 0.25) is 0 Å². The van der Waals surface area contributed by atoms with Gasteiger partial charge in [-0.3, -0.25) is 10.1 Å². The number of hydrogen-bond donors (Lipinski definition) is 2. The van der Waals surface area contributed by atoms with Gasteiger partial charge in [0.2, 0.25) is 0 Å². The Balaban J connectivity index is 1.67. The van der Waals surface area contributed by atoms with Gasteiger partial charge >= 0.3 is 5.97 Å². The molecule has 1 aromatic carbocycles. The molecule has 1 aromatic heterocycles. The van der Waals surface area contributed by atoms with Crippen molar-refractivity contribution in [2.24, 2.45) is 5.92 Å². The number of nitrogens with one attached hydrogen (secondary N) is 2. The number of rotatable bonds is 7. The standard InChI is InChI=1S/C23H28N2O4S2/c1-14(2)11-12-29-16-8-6-7-15(13-16)20(26)24-23(30)25-21-19(22(27)28-3)17-9-4-5-10-18(17)31-21/h6-8,13-14H,4-5,9-12H2,1-3H3,(H2,24,25,26,30). The molecule has 0 atom stereocenters. The first-order valence-corrected chi connectivity index (χ1v) is 11.7. The molecule has 0 bridgehead atoms. The third kappa shape index (κ3) is 6.04. The van der Waals surface area contributed by atoms with Crippen LogP contribution >= 0.6 is 23.6 Å². The predicted octanol–water partition coefficient (Wildman–Crippen LogP) is 4.97. The lowest BCUT2D eigenvalue weighted by molar-refractivity contribution is 0.0601. The largest absolute Gasteiger partial charge is 0.494 e. The summed E-state index contributed by atoms with van der Waals surface area (Å²) in [5, 5.41) is 6.48. The van der Waals surface area contributed by atoms with Crippen LogP contribution in [0.3, 0.4) is 0 Å². The molecule has 0 radical (unpaired) electrons. The Labute approximate surface area is 192 Å². The van der Waals surface area contributed by atoms with E-state index in [0.717, 1.165) is 37.7 Å². The van der Waals surface area contributed by atoms with Crippen LogP contribution in [0.15, 0.2) is 24.3 Å². The van der Waals surface area contributed by atoms with Gasteiger partial charge in [0.25, 0.3) is 5.91 Å². The van der Waals surface area contributed by atoms with Gasteiger partial charge in [0, 0.05) is 10.4 Å². The Bertz CT molecular complexity index is 968. The number of methoxy groups -OCH3 is 1. The monoisotopic (exact) mass is 460 g/mol. The Kier molecular flexibility index (Phi) is 8.03. The highest BCUT2D eigenvalue weighted by atomic mass is 32.1. The van der Waals surface area contributed by atoms with E-state index in [9.17, 15) is 9.59 Å². The third-order valence-corrected chi connectivity index (χ3v) is 6.49. The maximum atomic E-state index is 12.7. The molecule has 3 rings (SSSR count). The van der Waals surface area contributed by atoms with Crippen molar-refractivity contribution in [2.45, 2.75) is 46.0 Å². The molecule has 1 aliphatic rings. The number of hydrogen-bond acceptors (Lipinski definition) is 6. The van der Waals surface area contributed by atoms with Crippen molar-refractivity contribution < 1.29 is 19.1 Å². The van der Waals surface area contributed by atoms with Crippen LogP contribution < -0.4 is 15.4 Å². The molecule has 2 aromatic rings. The van der Waals surface area contributed by atoms with E-state index in [1.165, 1.54) is 23.3 Å². The minimum atomic E-state index is -0.387. The third-order valence-electron chi connectivity index (χ3n) is 5.08. The van der Waals surface area contributed by atoms with Crippen molar-refractivity contribution in [3.05, 3.63) is 45.8 Å². The van der Waals surface area contributed by atoms with E-state index in [4.69, 9.17) is 21.7 Å². The first-order valence-electron chi connectivity index (χ1n) is 10.5. The second-order valence-corrected chi connectivity index (χ2v) is 9.39. The SMILES string of the molecule is COC(=O)c1c(NC(=S)NC(=O)c2cccc(OCCC(C)C)c2)sc2c1CCCC2. The van der Waals surface area contributed by atoms with Crippen LogP contribution in [0, 0.1) is 5.92 Å². The molecule has 6 nitrogen and oxygen atoms in total. The lowest BCUT2D eigenvalue weighted by atomic mass is 9.95. The van der Waals surface area contributed by atoms with Gasteiger partial charge in [-0.15, -0.1) is 11.3 Å². The Morgan fingerprint density at radius 3 is 2.74 bits per heavy atom. The average molecular weight is 461 g/mol. The van der Waals surface area contributed by atoms with Gasteiger partial charge in [-0.1, -0.05) is 19.9 Å². The average Bonchev–Trinajstić information content (AvgIpc) is 3.10. The molecule has 31 heavy (non-hydrogen) atoms. The molecule has 0 aliphatic heterocycles. The molecule has 8 heteroatoms. The van der Waals surface area contributed by atoms with Crippen molar-refractivity contribution in [2.75, 3.05) is 19.0 Å². The van der Waals surface area contributed by atoms with Gasteiger partial charge < -0.3 is 14.8 Å². The van der Waals surface area contributed by atoms with Crippen LogP contribution in [0.5, 0.6) is 5.75 Å². The van der Waals surface area contributed by atoms with E-state index >= 15 is 0 Å². The minimum absolute atomic E-state index is 0.139. The van der Waals surface area contributed by atoms with Gasteiger partial charge in [-0.2, -0.15) is 0 Å². The normalized spacial score (nSPS) is 12.8. The molecule has 1 aliphatic carbocycles. The number of ether oxygens (including phenoxy) is 2. The van der Waals surface area contributed by atoms with E-state index in [2.05, 4.69) is 24.5 Å². The zero-order chi connectivity index (χ0) is 22.4. The second kappa shape index (κ2) is 10.7. The summed E-state index contributed by atoms with van der Waals surface area (Å²) in [6, 6.07) is 7.00. The molecular weight excluding hydrogens is 432 g/mol. The summed E-state index contributed by atoms with van der Waals surface area (Å²) in [4.78, 5) is 26.2. The molecule has 166 valence electrons. The molecule has 0 unspecified atom stereocenters. The molecule has 1 heterocycles. The smallest absolute Gasteiger partial charge is 0.341 e. The van der Waals surface area contributed by atoms with Crippen LogP contribution in [0.25, 0.3) is 0 Å². The number of carbonyl (C=O) groups excluding carboxylic acids is 2. The van der Waals surface area contributed by atoms with Gasteiger partial charge in [0.1, 0.15) is 10.8 Å². The Hall–Kier alpha value is -2.45. The van der Waals surface area contributed by atoms with Crippen molar-refractivity contribution in [1.82, 2.24) is 5.32 Å². The maximum absolute atomic E-state index is 12.7. The van der Waals surface area contributed by atoms with E-state index in [1.807, 2.05) is 6.07 Å². The van der Waals surface area contributed by atoms with Gasteiger partial charge in [-0.25, -0.2) is 4.79 Å². The first-order chi connectivity index (χ1) is 14.9. The van der Waals surface area contributed by atoms with Gasteiger partial charge in [0.05, 0.1) is 19.3 Å². The number of amides is 1. The van der Waals surface area contributed by atoms with E-state index < -0.39 is 0 Å². The number of thiocarbonyl (C=S) groups is 1. The van der Waals surface area contributed by atoms with Gasteiger partial charge in [0.15, 0.2) is 5.11 Å². The second-order valence-electron chi connectivity index (χ2n) is 7.87. The van der Waals surface area contributed by atoms with Crippen molar-refractivity contribution >= 4 is 45.5 Å². The highest BCUT2D eigenvalue weighted by molar-refractivity contribution is 7.80. The molecule has 0 saturated heterocycles. The summed E-state index contributed by atoms with van der Waals surface area (Å²) in [6.07, 6.45) is 4.88. The molecule has 2 N–H and O–H groups in total. The van der Waals surface area contributed by atoms with Crippen LogP contribution in [-0.4, -0.2) is 30.7 Å². The summed E-state index contributed by atoms with van der Waals surface area (Å²) < 4.78 is 10.7. The highest BCUT2D eigenvalue weighted by Crippen LogP contribution is 2.38. The quantitative estimate of drug-likeness (QED) is 0.449. The molecule has 0 fully saturated rings. The minimum Gasteiger partial charge on any atom is -0.494 e. The van der Waals surface area contributed by atoms with E-state index in [-0.39, 0.29) is 17.0 Å². The Morgan fingerprint density at radius 1 is 1.23 bits per heavy atom. The molecule has 1 amide bonds. The lowest BCUT2D eigenvalue weighted by Crippen LogP contribution is -2.34. The number of benzene rings is 1. The highest BCUT2D eigenvalue weighted by Gasteiger charge is 2.26. The number of esters is 1. The van der Waals surface area contributed by atoms with Crippen LogP contribution in [-0.2, 0) is 17.6 Å². The fraction of sp³-hybridized carbons (Fsp3) is 0.435. The fourth-order valence-corrected chi connectivity index (χ4v) is 4.96. The number of carbonyl (C=O) groups is 2. The summed E-state index contributed by atoms with van der Waals surface area (Å²) in [5.74, 6) is 0.467. The summed E-state index contributed by atoms with van der Waals surface area (Å²) in [5.41, 5.74) is 2.01. The van der Waals surface area contributed by atoms with Gasteiger partial charge in [-0.05, 0) is 74.0 Å². The zero-order valence-electron chi connectivity index (χ0n) is 18.1. The Morgan fingerprint density at radius 2 is 2.00 bits per heavy atom. The predicted molar refractivity (Wildman–Crippen MR) is 127 cm³/mol. The maximum Gasteiger partial charge on any atom is 0.341 e. The fourth-order valence-electron chi connectivity index (χ4n) is 3.42. The van der Waals surface area contributed by atoms with Crippen molar-refractivity contribution in [3.8, 4) is 5.75 Å². The number of thiophene rings is 1. The van der Waals surface area contributed by atoms with Crippen molar-refractivity contribution in [3.63, 3.8) is 0 Å². The topological polar surface area (TPSA) is 76.7 Å². The van der Waals surface area contributed by atoms with E-state index in [1.54, 1.807) is 18.2 Å². The van der Waals surface area contributed by atoms with E-state index in [0.29, 0.717) is 34.4 Å².